The first kappa shape index (κ1) is 12.9. The minimum absolute atomic E-state index is 0.0911. The predicted octanol–water partition coefficient (Wildman–Crippen LogP) is 0.737. The molecule has 0 fully saturated rings. The fourth-order valence-corrected chi connectivity index (χ4v) is 1.60. The number of hydrogen-bond donors (Lipinski definition) is 3. The normalized spacial score (nSPS) is 12.1. The lowest BCUT2D eigenvalue weighted by atomic mass is 10.1. The van der Waals surface area contributed by atoms with Gasteiger partial charge in [-0.1, -0.05) is 0 Å². The van der Waals surface area contributed by atoms with Crippen LogP contribution in [0.2, 0.25) is 0 Å². The number of nitrogens with one attached hydrogen (secondary N) is 2. The van der Waals surface area contributed by atoms with Crippen molar-refractivity contribution in [2.24, 2.45) is 0 Å². The van der Waals surface area contributed by atoms with Gasteiger partial charge in [0.1, 0.15) is 11.8 Å². The average molecular weight is 263 g/mol. The zero-order valence-corrected chi connectivity index (χ0v) is 10.2. The number of H-pyrrole nitrogens is 1. The molecule has 3 N–H and O–H groups in total. The molecule has 100 valence electrons. The first-order valence-electron chi connectivity index (χ1n) is 5.63. The number of aryl methyl sites for hydroxylation is 1. The maximum atomic E-state index is 11.8. The molecule has 0 saturated heterocycles. The number of aliphatic carboxylic acids is 1. The summed E-state index contributed by atoms with van der Waals surface area (Å²) in [7, 11) is 0. The number of furan rings is 1. The van der Waals surface area contributed by atoms with E-state index in [0.717, 1.165) is 0 Å². The molecule has 0 bridgehead atoms. The van der Waals surface area contributed by atoms with Gasteiger partial charge in [0.05, 0.1) is 6.33 Å². The Morgan fingerprint density at radius 2 is 2.32 bits per heavy atom. The summed E-state index contributed by atoms with van der Waals surface area (Å²) >= 11 is 0. The summed E-state index contributed by atoms with van der Waals surface area (Å²) in [6.07, 6.45) is 3.09. The summed E-state index contributed by atoms with van der Waals surface area (Å²) in [4.78, 5) is 29.5. The predicted molar refractivity (Wildman–Crippen MR) is 64.6 cm³/mol. The number of carboxylic acids is 1. The molecule has 2 aromatic heterocycles. The molecule has 2 rings (SSSR count). The number of aromatic amines is 1. The van der Waals surface area contributed by atoms with Gasteiger partial charge in [-0.25, -0.2) is 9.78 Å². The van der Waals surface area contributed by atoms with Crippen LogP contribution in [0.3, 0.4) is 0 Å². The Labute approximate surface area is 108 Å². The first-order valence-corrected chi connectivity index (χ1v) is 5.63. The lowest BCUT2D eigenvalue weighted by molar-refractivity contribution is -0.139. The van der Waals surface area contributed by atoms with Crippen LogP contribution in [0.1, 0.15) is 22.0 Å². The minimum Gasteiger partial charge on any atom is -0.480 e. The molecule has 1 amide bonds. The van der Waals surface area contributed by atoms with Gasteiger partial charge in [0.2, 0.25) is 0 Å². The van der Waals surface area contributed by atoms with Crippen molar-refractivity contribution in [3.63, 3.8) is 0 Å². The van der Waals surface area contributed by atoms with Crippen LogP contribution in [-0.4, -0.2) is 33.0 Å². The highest BCUT2D eigenvalue weighted by Crippen LogP contribution is 2.07. The highest BCUT2D eigenvalue weighted by molar-refractivity contribution is 5.94. The molecule has 0 radical (unpaired) electrons. The van der Waals surface area contributed by atoms with Crippen molar-refractivity contribution in [3.05, 3.63) is 41.9 Å². The van der Waals surface area contributed by atoms with Crippen LogP contribution >= 0.6 is 0 Å². The molecule has 7 heteroatoms. The van der Waals surface area contributed by atoms with Crippen molar-refractivity contribution in [2.75, 3.05) is 0 Å². The van der Waals surface area contributed by atoms with E-state index in [4.69, 9.17) is 9.52 Å². The topological polar surface area (TPSA) is 108 Å². The largest absolute Gasteiger partial charge is 0.480 e. The second kappa shape index (κ2) is 5.38. The number of carbonyl (C=O) groups is 2. The number of imidazole rings is 1. The summed E-state index contributed by atoms with van der Waals surface area (Å²) in [6, 6.07) is 2.10. The van der Waals surface area contributed by atoms with Crippen molar-refractivity contribution in [2.45, 2.75) is 19.4 Å². The molecule has 0 aromatic carbocycles. The second-order valence-electron chi connectivity index (χ2n) is 4.06. The quantitative estimate of drug-likeness (QED) is 0.737. The minimum atomic E-state index is -1.12. The summed E-state index contributed by atoms with van der Waals surface area (Å²) < 4.78 is 5.14. The van der Waals surface area contributed by atoms with E-state index >= 15 is 0 Å². The van der Waals surface area contributed by atoms with E-state index in [2.05, 4.69) is 15.3 Å². The molecule has 0 aliphatic carbocycles. The number of carbonyl (C=O) groups excluding carboxylic acids is 1. The fourth-order valence-electron chi connectivity index (χ4n) is 1.60. The first-order chi connectivity index (χ1) is 9.06. The maximum Gasteiger partial charge on any atom is 0.326 e. The Balaban J connectivity index is 2.04. The van der Waals surface area contributed by atoms with E-state index in [1.54, 1.807) is 13.0 Å². The molecule has 2 heterocycles. The number of carboxylic acid groups (broad SMARTS) is 1. The van der Waals surface area contributed by atoms with Crippen LogP contribution in [-0.2, 0) is 11.2 Å². The fraction of sp³-hybridized carbons (Fsp3) is 0.250. The van der Waals surface area contributed by atoms with Crippen LogP contribution in [0.15, 0.2) is 29.1 Å². The van der Waals surface area contributed by atoms with Crippen molar-refractivity contribution < 1.29 is 19.1 Å². The van der Waals surface area contributed by atoms with Gasteiger partial charge in [-0.05, 0) is 19.1 Å². The van der Waals surface area contributed by atoms with Gasteiger partial charge in [-0.2, -0.15) is 0 Å². The molecular formula is C12H13N3O4. The summed E-state index contributed by atoms with van der Waals surface area (Å²) in [5.74, 6) is -0.995. The SMILES string of the molecule is Cc1ccc(C(=O)N[C@@H](Cc2cnc[nH]2)C(=O)O)o1. The molecular weight excluding hydrogens is 250 g/mol. The van der Waals surface area contributed by atoms with Gasteiger partial charge >= 0.3 is 5.97 Å². The van der Waals surface area contributed by atoms with Crippen LogP contribution < -0.4 is 5.32 Å². The van der Waals surface area contributed by atoms with Crippen LogP contribution in [0.4, 0.5) is 0 Å². The average Bonchev–Trinajstić information content (AvgIpc) is 2.99. The number of amides is 1. The monoisotopic (exact) mass is 263 g/mol. The molecule has 0 spiro atoms. The van der Waals surface area contributed by atoms with Crippen molar-refractivity contribution in [3.8, 4) is 0 Å². The van der Waals surface area contributed by atoms with Gasteiger partial charge in [0, 0.05) is 18.3 Å². The lowest BCUT2D eigenvalue weighted by Crippen LogP contribution is -2.42. The number of rotatable bonds is 5. The Morgan fingerprint density at radius 3 is 2.84 bits per heavy atom. The van der Waals surface area contributed by atoms with E-state index in [0.29, 0.717) is 11.5 Å². The Hall–Kier alpha value is -2.57. The molecule has 0 aliphatic heterocycles. The highest BCUT2D eigenvalue weighted by atomic mass is 16.4. The van der Waals surface area contributed by atoms with Crippen molar-refractivity contribution in [1.29, 1.82) is 0 Å². The summed E-state index contributed by atoms with van der Waals surface area (Å²) in [6.45, 7) is 1.70. The van der Waals surface area contributed by atoms with Gasteiger partial charge in [0.15, 0.2) is 5.76 Å². The van der Waals surface area contributed by atoms with Gasteiger partial charge in [-0.15, -0.1) is 0 Å². The Morgan fingerprint density at radius 1 is 1.53 bits per heavy atom. The van der Waals surface area contributed by atoms with Gasteiger partial charge in [0.25, 0.3) is 5.91 Å². The van der Waals surface area contributed by atoms with Crippen LogP contribution in [0.25, 0.3) is 0 Å². The third-order valence-corrected chi connectivity index (χ3v) is 2.55. The molecule has 2 aromatic rings. The summed E-state index contributed by atoms with van der Waals surface area (Å²) in [5.41, 5.74) is 0.628. The van der Waals surface area contributed by atoms with Gasteiger partial charge in [-0.3, -0.25) is 4.79 Å². The highest BCUT2D eigenvalue weighted by Gasteiger charge is 2.23. The zero-order valence-electron chi connectivity index (χ0n) is 10.2. The molecule has 7 nitrogen and oxygen atoms in total. The third kappa shape index (κ3) is 3.21. The lowest BCUT2D eigenvalue weighted by Gasteiger charge is -2.12. The Kier molecular flexibility index (Phi) is 3.65. The van der Waals surface area contributed by atoms with E-state index in [1.165, 1.54) is 18.6 Å². The van der Waals surface area contributed by atoms with E-state index in [-0.39, 0.29) is 12.2 Å². The van der Waals surface area contributed by atoms with Crippen molar-refractivity contribution >= 4 is 11.9 Å². The number of aromatic nitrogens is 2. The zero-order chi connectivity index (χ0) is 13.8. The molecule has 1 atom stereocenters. The number of nitrogens with zero attached hydrogens (tertiary/aromatic N) is 1. The molecule has 0 unspecified atom stereocenters. The van der Waals surface area contributed by atoms with Crippen molar-refractivity contribution in [1.82, 2.24) is 15.3 Å². The molecule has 0 aliphatic rings. The molecule has 0 saturated carbocycles. The molecule has 19 heavy (non-hydrogen) atoms. The van der Waals surface area contributed by atoms with E-state index in [9.17, 15) is 9.59 Å². The maximum absolute atomic E-state index is 11.8. The smallest absolute Gasteiger partial charge is 0.326 e. The summed E-state index contributed by atoms with van der Waals surface area (Å²) in [5, 5.41) is 11.5. The standard InChI is InChI=1S/C12H13N3O4/c1-7-2-3-10(19-7)11(16)15-9(12(17)18)4-8-5-13-6-14-8/h2-3,5-6,9H,4H2,1H3,(H,13,14)(H,15,16)(H,17,18)/t9-/m0/s1. The van der Waals surface area contributed by atoms with Gasteiger partial charge < -0.3 is 19.8 Å². The number of hydrogen-bond acceptors (Lipinski definition) is 4. The van der Waals surface area contributed by atoms with E-state index in [1.807, 2.05) is 0 Å². The third-order valence-electron chi connectivity index (χ3n) is 2.55. The second-order valence-corrected chi connectivity index (χ2v) is 4.06. The van der Waals surface area contributed by atoms with E-state index < -0.39 is 17.9 Å². The van der Waals surface area contributed by atoms with Crippen LogP contribution in [0.5, 0.6) is 0 Å². The van der Waals surface area contributed by atoms with Crippen LogP contribution in [0, 0.1) is 6.92 Å². The Bertz CT molecular complexity index is 574.